The molecule has 2 aromatic carbocycles. The van der Waals surface area contributed by atoms with E-state index in [0.29, 0.717) is 13.1 Å². The predicted molar refractivity (Wildman–Crippen MR) is 136 cm³/mol. The van der Waals surface area contributed by atoms with Crippen LogP contribution in [-0.4, -0.2) is 59.4 Å². The summed E-state index contributed by atoms with van der Waals surface area (Å²) in [6.07, 6.45) is 0.801. The standard InChI is InChI=1S/C23H33N3O4.HI/c1-7-24-23(25-13-12-17-8-11-20(28-4)22(14-17)30-6)26(2)16-18-9-10-19(27-3)15-21(18)29-5;/h8-11,14-15H,7,12-13,16H2,1-6H3,(H,24,25);1H. The van der Waals surface area contributed by atoms with Crippen molar-refractivity contribution < 1.29 is 18.9 Å². The molecule has 0 aromatic heterocycles. The molecule has 2 rings (SSSR count). The van der Waals surface area contributed by atoms with E-state index < -0.39 is 0 Å². The zero-order valence-corrected chi connectivity index (χ0v) is 21.6. The highest BCUT2D eigenvalue weighted by atomic mass is 127. The number of hydrogen-bond acceptors (Lipinski definition) is 5. The summed E-state index contributed by atoms with van der Waals surface area (Å²) >= 11 is 0. The zero-order chi connectivity index (χ0) is 21.9. The van der Waals surface area contributed by atoms with E-state index in [0.717, 1.165) is 53.1 Å². The third kappa shape index (κ3) is 7.68. The summed E-state index contributed by atoms with van der Waals surface area (Å²) in [4.78, 5) is 6.87. The van der Waals surface area contributed by atoms with Crippen LogP contribution in [0.2, 0.25) is 0 Å². The lowest BCUT2D eigenvalue weighted by atomic mass is 10.1. The molecule has 2 aromatic rings. The normalized spacial score (nSPS) is 10.7. The maximum Gasteiger partial charge on any atom is 0.193 e. The summed E-state index contributed by atoms with van der Waals surface area (Å²) < 4.78 is 21.5. The summed E-state index contributed by atoms with van der Waals surface area (Å²) in [7, 11) is 8.61. The van der Waals surface area contributed by atoms with Crippen molar-refractivity contribution in [2.24, 2.45) is 4.99 Å². The van der Waals surface area contributed by atoms with E-state index in [1.54, 1.807) is 28.4 Å². The Labute approximate surface area is 202 Å². The smallest absolute Gasteiger partial charge is 0.193 e. The van der Waals surface area contributed by atoms with E-state index in [-0.39, 0.29) is 24.0 Å². The first kappa shape index (κ1) is 26.7. The molecule has 0 aliphatic carbocycles. The lowest BCUT2D eigenvalue weighted by molar-refractivity contribution is 0.354. The van der Waals surface area contributed by atoms with E-state index >= 15 is 0 Å². The molecule has 0 spiro atoms. The topological polar surface area (TPSA) is 64.6 Å². The molecular formula is C23H34IN3O4. The fraction of sp³-hybridized carbons (Fsp3) is 0.435. The van der Waals surface area contributed by atoms with Gasteiger partial charge >= 0.3 is 0 Å². The fourth-order valence-corrected chi connectivity index (χ4v) is 3.11. The van der Waals surface area contributed by atoms with Gasteiger partial charge in [-0.2, -0.15) is 0 Å². The monoisotopic (exact) mass is 543 g/mol. The van der Waals surface area contributed by atoms with Crippen LogP contribution in [-0.2, 0) is 13.0 Å². The zero-order valence-electron chi connectivity index (χ0n) is 19.2. The quantitative estimate of drug-likeness (QED) is 0.278. The van der Waals surface area contributed by atoms with Gasteiger partial charge in [-0.1, -0.05) is 6.07 Å². The molecule has 0 atom stereocenters. The van der Waals surface area contributed by atoms with Crippen molar-refractivity contribution in [2.45, 2.75) is 19.9 Å². The van der Waals surface area contributed by atoms with Crippen molar-refractivity contribution in [1.82, 2.24) is 10.2 Å². The number of halogens is 1. The Balaban J connectivity index is 0.00000480. The maximum atomic E-state index is 5.52. The second kappa shape index (κ2) is 13.8. The Morgan fingerprint density at radius 2 is 1.61 bits per heavy atom. The van der Waals surface area contributed by atoms with Gasteiger partial charge in [0, 0.05) is 38.3 Å². The van der Waals surface area contributed by atoms with E-state index in [1.165, 1.54) is 0 Å². The van der Waals surface area contributed by atoms with E-state index in [2.05, 4.69) is 17.1 Å². The maximum absolute atomic E-state index is 5.52. The van der Waals surface area contributed by atoms with E-state index in [9.17, 15) is 0 Å². The van der Waals surface area contributed by atoms with Gasteiger partial charge in [-0.3, -0.25) is 4.99 Å². The van der Waals surface area contributed by atoms with Gasteiger partial charge in [-0.25, -0.2) is 0 Å². The van der Waals surface area contributed by atoms with Crippen molar-refractivity contribution in [3.05, 3.63) is 47.5 Å². The second-order valence-corrected chi connectivity index (χ2v) is 6.71. The van der Waals surface area contributed by atoms with Crippen molar-refractivity contribution in [1.29, 1.82) is 0 Å². The number of guanidine groups is 1. The summed E-state index contributed by atoms with van der Waals surface area (Å²) in [6, 6.07) is 11.8. The minimum absolute atomic E-state index is 0. The van der Waals surface area contributed by atoms with Crippen LogP contribution in [0, 0.1) is 0 Å². The third-order valence-corrected chi connectivity index (χ3v) is 4.71. The Hall–Kier alpha value is -2.36. The van der Waals surface area contributed by atoms with Crippen LogP contribution in [0.1, 0.15) is 18.1 Å². The molecule has 0 aliphatic heterocycles. The first-order valence-electron chi connectivity index (χ1n) is 9.97. The first-order valence-corrected chi connectivity index (χ1v) is 9.97. The van der Waals surface area contributed by atoms with Crippen LogP contribution >= 0.6 is 24.0 Å². The van der Waals surface area contributed by atoms with Crippen LogP contribution in [0.15, 0.2) is 41.4 Å². The number of rotatable bonds is 10. The molecule has 31 heavy (non-hydrogen) atoms. The van der Waals surface area contributed by atoms with Gasteiger partial charge in [-0.15, -0.1) is 24.0 Å². The van der Waals surface area contributed by atoms with Crippen LogP contribution < -0.4 is 24.3 Å². The largest absolute Gasteiger partial charge is 0.497 e. The predicted octanol–water partition coefficient (Wildman–Crippen LogP) is 3.98. The molecule has 0 radical (unpaired) electrons. The SMILES string of the molecule is CCNC(=NCCc1ccc(OC)c(OC)c1)N(C)Cc1ccc(OC)cc1OC.I. The highest BCUT2D eigenvalue weighted by Crippen LogP contribution is 2.28. The number of nitrogens with zero attached hydrogens (tertiary/aromatic N) is 2. The number of benzene rings is 2. The molecule has 0 amide bonds. The fourth-order valence-electron chi connectivity index (χ4n) is 3.11. The summed E-state index contributed by atoms with van der Waals surface area (Å²) in [5.74, 6) is 3.87. The van der Waals surface area contributed by atoms with Gasteiger partial charge in [-0.05, 0) is 43.2 Å². The molecule has 8 heteroatoms. The number of methoxy groups -OCH3 is 4. The minimum Gasteiger partial charge on any atom is -0.497 e. The van der Waals surface area contributed by atoms with Crippen LogP contribution in [0.25, 0.3) is 0 Å². The van der Waals surface area contributed by atoms with Crippen LogP contribution in [0.3, 0.4) is 0 Å². The molecule has 7 nitrogen and oxygen atoms in total. The van der Waals surface area contributed by atoms with Crippen LogP contribution in [0.4, 0.5) is 0 Å². The molecule has 0 aliphatic rings. The van der Waals surface area contributed by atoms with Crippen molar-refractivity contribution in [3.63, 3.8) is 0 Å². The van der Waals surface area contributed by atoms with Gasteiger partial charge < -0.3 is 29.2 Å². The highest BCUT2D eigenvalue weighted by Gasteiger charge is 2.11. The van der Waals surface area contributed by atoms with Crippen molar-refractivity contribution >= 4 is 29.9 Å². The molecule has 0 saturated carbocycles. The number of hydrogen-bond donors (Lipinski definition) is 1. The van der Waals surface area contributed by atoms with Gasteiger partial charge in [0.1, 0.15) is 11.5 Å². The number of aliphatic imine (C=N–C) groups is 1. The molecule has 0 saturated heterocycles. The average Bonchev–Trinajstić information content (AvgIpc) is 2.78. The Bertz CT molecular complexity index is 846. The summed E-state index contributed by atoms with van der Waals surface area (Å²) in [5, 5.41) is 3.36. The molecular weight excluding hydrogens is 509 g/mol. The minimum atomic E-state index is 0. The van der Waals surface area contributed by atoms with Crippen molar-refractivity contribution in [2.75, 3.05) is 48.6 Å². The lowest BCUT2D eigenvalue weighted by Gasteiger charge is -2.23. The molecule has 0 bridgehead atoms. The molecule has 172 valence electrons. The second-order valence-electron chi connectivity index (χ2n) is 6.71. The van der Waals surface area contributed by atoms with E-state index in [1.807, 2.05) is 43.4 Å². The number of nitrogens with one attached hydrogen (secondary N) is 1. The Morgan fingerprint density at radius 1 is 0.903 bits per heavy atom. The van der Waals surface area contributed by atoms with Gasteiger partial charge in [0.2, 0.25) is 0 Å². The third-order valence-electron chi connectivity index (χ3n) is 4.71. The van der Waals surface area contributed by atoms with Crippen LogP contribution in [0.5, 0.6) is 23.0 Å². The summed E-state index contributed by atoms with van der Waals surface area (Å²) in [6.45, 7) is 4.17. The van der Waals surface area contributed by atoms with Gasteiger partial charge in [0.25, 0.3) is 0 Å². The molecule has 0 heterocycles. The molecule has 0 fully saturated rings. The van der Waals surface area contributed by atoms with E-state index in [4.69, 9.17) is 23.9 Å². The molecule has 0 unspecified atom stereocenters. The number of ether oxygens (including phenoxy) is 4. The van der Waals surface area contributed by atoms with Gasteiger partial charge in [0.05, 0.1) is 28.4 Å². The highest BCUT2D eigenvalue weighted by molar-refractivity contribution is 14.0. The lowest BCUT2D eigenvalue weighted by Crippen LogP contribution is -2.38. The van der Waals surface area contributed by atoms with Gasteiger partial charge in [0.15, 0.2) is 17.5 Å². The molecule has 1 N–H and O–H groups in total. The average molecular weight is 543 g/mol. The first-order chi connectivity index (χ1) is 14.6. The Morgan fingerprint density at radius 3 is 2.23 bits per heavy atom. The Kier molecular flexibility index (Phi) is 11.9. The summed E-state index contributed by atoms with van der Waals surface area (Å²) in [5.41, 5.74) is 2.21. The van der Waals surface area contributed by atoms with Crippen molar-refractivity contribution in [3.8, 4) is 23.0 Å².